The van der Waals surface area contributed by atoms with E-state index in [-0.39, 0.29) is 0 Å². The van der Waals surface area contributed by atoms with E-state index in [9.17, 15) is 0 Å². The van der Waals surface area contributed by atoms with Gasteiger partial charge in [-0.1, -0.05) is 34.5 Å². The van der Waals surface area contributed by atoms with E-state index in [0.717, 1.165) is 44.9 Å². The number of benzene rings is 1. The van der Waals surface area contributed by atoms with Crippen LogP contribution < -0.4 is 10.6 Å². The maximum absolute atomic E-state index is 5.11. The Bertz CT molecular complexity index is 673. The Morgan fingerprint density at radius 3 is 2.48 bits per heavy atom. The zero-order valence-electron chi connectivity index (χ0n) is 15.7. The molecule has 0 aliphatic heterocycles. The molecule has 1 aromatic heterocycles. The molecule has 0 saturated carbocycles. The molecule has 25 heavy (non-hydrogen) atoms. The summed E-state index contributed by atoms with van der Waals surface area (Å²) in [5.74, 6) is 2.22. The summed E-state index contributed by atoms with van der Waals surface area (Å²) in [7, 11) is 0. The van der Waals surface area contributed by atoms with Crippen LogP contribution in [0.2, 0.25) is 0 Å². The maximum atomic E-state index is 5.11. The van der Waals surface area contributed by atoms with Crippen LogP contribution in [-0.4, -0.2) is 35.7 Å². The van der Waals surface area contributed by atoms with Crippen LogP contribution in [0.15, 0.2) is 27.7 Å². The Kier molecular flexibility index (Phi) is 7.44. The minimum Gasteiger partial charge on any atom is -0.357 e. The molecule has 2 N–H and O–H groups in total. The molecule has 1 aromatic carbocycles. The third-order valence-electron chi connectivity index (χ3n) is 3.72. The van der Waals surface area contributed by atoms with Crippen molar-refractivity contribution < 1.29 is 4.52 Å². The summed E-state index contributed by atoms with van der Waals surface area (Å²) >= 11 is 0. The SMILES string of the molecule is CCNC(=NCCCc1nc(C)no1)NCCc1cc(C)cc(C)c1. The summed E-state index contributed by atoms with van der Waals surface area (Å²) in [6.45, 7) is 10.6. The summed E-state index contributed by atoms with van der Waals surface area (Å²) in [6.07, 6.45) is 2.62. The summed E-state index contributed by atoms with van der Waals surface area (Å²) in [5.41, 5.74) is 3.98. The molecule has 0 aliphatic carbocycles. The Morgan fingerprint density at radius 1 is 1.08 bits per heavy atom. The van der Waals surface area contributed by atoms with Crippen molar-refractivity contribution in [2.24, 2.45) is 4.99 Å². The number of aliphatic imine (C=N–C) groups is 1. The Labute approximate surface area is 150 Å². The Morgan fingerprint density at radius 2 is 1.84 bits per heavy atom. The van der Waals surface area contributed by atoms with Gasteiger partial charge in [0.25, 0.3) is 0 Å². The standard InChI is InChI=1S/C19H29N5O/c1-5-20-19(21-9-6-7-18-23-16(4)24-25-18)22-10-8-17-12-14(2)11-15(3)13-17/h11-13H,5-10H2,1-4H3,(H2,20,21,22). The van der Waals surface area contributed by atoms with Gasteiger partial charge in [0.2, 0.25) is 5.89 Å². The summed E-state index contributed by atoms with van der Waals surface area (Å²) in [5, 5.41) is 10.5. The van der Waals surface area contributed by atoms with Crippen molar-refractivity contribution in [1.82, 2.24) is 20.8 Å². The fourth-order valence-electron chi connectivity index (χ4n) is 2.74. The fraction of sp³-hybridized carbons (Fsp3) is 0.526. The molecule has 2 rings (SSSR count). The molecule has 0 unspecified atom stereocenters. The molecule has 6 nitrogen and oxygen atoms in total. The van der Waals surface area contributed by atoms with Gasteiger partial charge in [-0.2, -0.15) is 4.98 Å². The van der Waals surface area contributed by atoms with Crippen LogP contribution in [0.3, 0.4) is 0 Å². The van der Waals surface area contributed by atoms with E-state index in [0.29, 0.717) is 11.7 Å². The Hall–Kier alpha value is -2.37. The lowest BCUT2D eigenvalue weighted by molar-refractivity contribution is 0.372. The van der Waals surface area contributed by atoms with E-state index in [1.165, 1.54) is 16.7 Å². The van der Waals surface area contributed by atoms with Gasteiger partial charge in [0.1, 0.15) is 0 Å². The van der Waals surface area contributed by atoms with Crippen LogP contribution in [-0.2, 0) is 12.8 Å². The van der Waals surface area contributed by atoms with Gasteiger partial charge in [0, 0.05) is 26.1 Å². The quantitative estimate of drug-likeness (QED) is 0.438. The molecular weight excluding hydrogens is 314 g/mol. The number of nitrogens with zero attached hydrogens (tertiary/aromatic N) is 3. The van der Waals surface area contributed by atoms with Gasteiger partial charge >= 0.3 is 0 Å². The van der Waals surface area contributed by atoms with E-state index in [4.69, 9.17) is 4.52 Å². The van der Waals surface area contributed by atoms with Crippen molar-refractivity contribution in [3.63, 3.8) is 0 Å². The largest absolute Gasteiger partial charge is 0.357 e. The van der Waals surface area contributed by atoms with Crippen LogP contribution in [0.5, 0.6) is 0 Å². The average Bonchev–Trinajstić information content (AvgIpc) is 2.96. The van der Waals surface area contributed by atoms with Gasteiger partial charge in [-0.15, -0.1) is 0 Å². The molecule has 0 atom stereocenters. The first-order chi connectivity index (χ1) is 12.1. The van der Waals surface area contributed by atoms with E-state index < -0.39 is 0 Å². The van der Waals surface area contributed by atoms with E-state index >= 15 is 0 Å². The normalized spacial score (nSPS) is 11.6. The fourth-order valence-corrected chi connectivity index (χ4v) is 2.74. The number of guanidine groups is 1. The first-order valence-electron chi connectivity index (χ1n) is 8.95. The van der Waals surface area contributed by atoms with Crippen molar-refractivity contribution in [3.05, 3.63) is 46.6 Å². The third-order valence-corrected chi connectivity index (χ3v) is 3.72. The van der Waals surface area contributed by atoms with Crippen LogP contribution in [0, 0.1) is 20.8 Å². The second-order valence-electron chi connectivity index (χ2n) is 6.27. The molecule has 0 aliphatic rings. The van der Waals surface area contributed by atoms with Crippen LogP contribution in [0.1, 0.15) is 41.8 Å². The lowest BCUT2D eigenvalue weighted by Gasteiger charge is -2.12. The average molecular weight is 343 g/mol. The molecule has 6 heteroatoms. The number of nitrogens with one attached hydrogen (secondary N) is 2. The minimum atomic E-state index is 0.680. The second-order valence-corrected chi connectivity index (χ2v) is 6.27. The first kappa shape index (κ1) is 19.0. The molecule has 136 valence electrons. The first-order valence-corrected chi connectivity index (χ1v) is 8.95. The van der Waals surface area contributed by atoms with Crippen molar-refractivity contribution in [2.45, 2.75) is 47.0 Å². The van der Waals surface area contributed by atoms with E-state index in [1.54, 1.807) is 0 Å². The smallest absolute Gasteiger partial charge is 0.226 e. The highest BCUT2D eigenvalue weighted by Crippen LogP contribution is 2.09. The molecule has 0 amide bonds. The zero-order valence-corrected chi connectivity index (χ0v) is 15.7. The molecule has 1 heterocycles. The third kappa shape index (κ3) is 6.95. The molecule has 0 fully saturated rings. The van der Waals surface area contributed by atoms with Crippen molar-refractivity contribution in [3.8, 4) is 0 Å². The zero-order chi connectivity index (χ0) is 18.1. The van der Waals surface area contributed by atoms with Gasteiger partial charge < -0.3 is 15.2 Å². The van der Waals surface area contributed by atoms with Crippen molar-refractivity contribution >= 4 is 5.96 Å². The number of aromatic nitrogens is 2. The number of hydrogen-bond acceptors (Lipinski definition) is 4. The second kappa shape index (κ2) is 9.81. The van der Waals surface area contributed by atoms with Gasteiger partial charge in [-0.05, 0) is 46.1 Å². The number of aryl methyl sites for hydroxylation is 4. The summed E-state index contributed by atoms with van der Waals surface area (Å²) in [4.78, 5) is 8.81. The van der Waals surface area contributed by atoms with E-state index in [1.807, 2.05) is 6.92 Å². The van der Waals surface area contributed by atoms with Crippen LogP contribution >= 0.6 is 0 Å². The number of rotatable bonds is 8. The molecule has 0 bridgehead atoms. The topological polar surface area (TPSA) is 75.3 Å². The lowest BCUT2D eigenvalue weighted by Crippen LogP contribution is -2.38. The highest BCUT2D eigenvalue weighted by atomic mass is 16.5. The number of hydrogen-bond donors (Lipinski definition) is 2. The van der Waals surface area contributed by atoms with Gasteiger partial charge in [0.15, 0.2) is 11.8 Å². The monoisotopic (exact) mass is 343 g/mol. The molecule has 0 saturated heterocycles. The summed E-state index contributed by atoms with van der Waals surface area (Å²) < 4.78 is 5.11. The van der Waals surface area contributed by atoms with Crippen molar-refractivity contribution in [1.29, 1.82) is 0 Å². The molecular formula is C19H29N5O. The highest BCUT2D eigenvalue weighted by Gasteiger charge is 2.03. The molecule has 2 aromatic rings. The Balaban J connectivity index is 1.76. The predicted molar refractivity (Wildman–Crippen MR) is 101 cm³/mol. The highest BCUT2D eigenvalue weighted by molar-refractivity contribution is 5.79. The van der Waals surface area contributed by atoms with Gasteiger partial charge in [-0.3, -0.25) is 4.99 Å². The maximum Gasteiger partial charge on any atom is 0.226 e. The lowest BCUT2D eigenvalue weighted by atomic mass is 10.1. The van der Waals surface area contributed by atoms with Gasteiger partial charge in [0.05, 0.1) is 0 Å². The summed E-state index contributed by atoms with van der Waals surface area (Å²) in [6, 6.07) is 6.68. The van der Waals surface area contributed by atoms with E-state index in [2.05, 4.69) is 64.7 Å². The predicted octanol–water partition coefficient (Wildman–Crippen LogP) is 2.73. The van der Waals surface area contributed by atoms with Crippen LogP contribution in [0.4, 0.5) is 0 Å². The van der Waals surface area contributed by atoms with Crippen LogP contribution in [0.25, 0.3) is 0 Å². The minimum absolute atomic E-state index is 0.680. The van der Waals surface area contributed by atoms with Crippen molar-refractivity contribution in [2.75, 3.05) is 19.6 Å². The van der Waals surface area contributed by atoms with Gasteiger partial charge in [-0.25, -0.2) is 0 Å². The molecule has 0 spiro atoms. The molecule has 0 radical (unpaired) electrons.